The quantitative estimate of drug-likeness (QED) is 0.619. The number of anilines is 1. The molecule has 5 nitrogen and oxygen atoms in total. The lowest BCUT2D eigenvalue weighted by Gasteiger charge is -2.05. The third-order valence-corrected chi connectivity index (χ3v) is 1.84. The molecule has 1 rings (SSSR count). The minimum Gasteiger partial charge on any atom is -0.494 e. The lowest BCUT2D eigenvalue weighted by atomic mass is 10.3. The molecule has 0 aromatic heterocycles. The summed E-state index contributed by atoms with van der Waals surface area (Å²) in [6, 6.07) is 10.5. The van der Waals surface area contributed by atoms with Gasteiger partial charge in [0.05, 0.1) is 12.3 Å². The molecule has 0 saturated heterocycles. The normalized spacial score (nSPS) is 8.65. The van der Waals surface area contributed by atoms with Crippen LogP contribution in [0.4, 0.5) is 5.69 Å². The number of nitrogens with zero attached hydrogens (tertiary/aromatic N) is 3. The van der Waals surface area contributed by atoms with Crippen LogP contribution in [0.25, 0.3) is 0 Å². The Morgan fingerprint density at radius 2 is 1.94 bits per heavy atom. The van der Waals surface area contributed by atoms with Crippen LogP contribution in [-0.2, 0) is 0 Å². The van der Waals surface area contributed by atoms with E-state index in [-0.39, 0.29) is 5.71 Å². The first-order valence-electron chi connectivity index (χ1n) is 5.17. The fourth-order valence-corrected chi connectivity index (χ4v) is 1.04. The third kappa shape index (κ3) is 4.23. The molecule has 0 radical (unpaired) electrons. The monoisotopic (exact) mass is 228 g/mol. The molecular weight excluding hydrogens is 216 g/mol. The van der Waals surface area contributed by atoms with Crippen LogP contribution < -0.4 is 10.2 Å². The molecule has 86 valence electrons. The van der Waals surface area contributed by atoms with Gasteiger partial charge in [-0.2, -0.15) is 15.6 Å². The molecule has 0 aliphatic rings. The van der Waals surface area contributed by atoms with Gasteiger partial charge in [-0.25, -0.2) is 0 Å². The number of benzene rings is 1. The van der Waals surface area contributed by atoms with Crippen LogP contribution in [0, 0.1) is 22.7 Å². The molecule has 0 unspecified atom stereocenters. The summed E-state index contributed by atoms with van der Waals surface area (Å²) >= 11 is 0. The van der Waals surface area contributed by atoms with Crippen LogP contribution in [-0.4, -0.2) is 12.3 Å². The van der Waals surface area contributed by atoms with Crippen molar-refractivity contribution in [1.82, 2.24) is 0 Å². The summed E-state index contributed by atoms with van der Waals surface area (Å²) in [6.45, 7) is 2.72. The molecule has 0 bridgehead atoms. The van der Waals surface area contributed by atoms with Gasteiger partial charge in [-0.15, -0.1) is 0 Å². The number of hydrogen-bond acceptors (Lipinski definition) is 5. The second-order valence-electron chi connectivity index (χ2n) is 3.17. The molecule has 0 amide bonds. The number of ether oxygens (including phenoxy) is 1. The smallest absolute Gasteiger partial charge is 0.237 e. The zero-order valence-corrected chi connectivity index (χ0v) is 9.47. The van der Waals surface area contributed by atoms with E-state index >= 15 is 0 Å². The maximum Gasteiger partial charge on any atom is 0.237 e. The van der Waals surface area contributed by atoms with Crippen LogP contribution in [0.15, 0.2) is 29.4 Å². The minimum absolute atomic E-state index is 0.212. The van der Waals surface area contributed by atoms with Gasteiger partial charge in [-0.1, -0.05) is 6.92 Å². The van der Waals surface area contributed by atoms with E-state index in [9.17, 15) is 0 Å². The van der Waals surface area contributed by atoms with Crippen molar-refractivity contribution in [1.29, 1.82) is 10.5 Å². The Morgan fingerprint density at radius 1 is 1.29 bits per heavy atom. The largest absolute Gasteiger partial charge is 0.494 e. The predicted octanol–water partition coefficient (Wildman–Crippen LogP) is 2.29. The van der Waals surface area contributed by atoms with Gasteiger partial charge in [0.2, 0.25) is 5.71 Å². The second kappa shape index (κ2) is 6.86. The summed E-state index contributed by atoms with van der Waals surface area (Å²) < 4.78 is 5.41. The zero-order valence-electron chi connectivity index (χ0n) is 9.47. The molecular formula is C12H12N4O. The summed E-state index contributed by atoms with van der Waals surface area (Å²) in [4.78, 5) is 0. The Labute approximate surface area is 99.9 Å². The molecule has 1 aromatic rings. The summed E-state index contributed by atoms with van der Waals surface area (Å²) in [5.74, 6) is 0.780. The van der Waals surface area contributed by atoms with Crippen LogP contribution in [0.5, 0.6) is 5.75 Å². The molecule has 0 aliphatic carbocycles. The van der Waals surface area contributed by atoms with Gasteiger partial charge in [-0.05, 0) is 30.7 Å². The Bertz CT molecular complexity index is 449. The number of hydrazone groups is 1. The van der Waals surface area contributed by atoms with E-state index in [1.54, 1.807) is 36.4 Å². The Morgan fingerprint density at radius 3 is 2.47 bits per heavy atom. The lowest BCUT2D eigenvalue weighted by Crippen LogP contribution is -1.97. The average molecular weight is 228 g/mol. The first kappa shape index (κ1) is 12.5. The van der Waals surface area contributed by atoms with E-state index in [4.69, 9.17) is 15.3 Å². The van der Waals surface area contributed by atoms with Crippen LogP contribution in [0.1, 0.15) is 13.3 Å². The van der Waals surface area contributed by atoms with Crippen molar-refractivity contribution in [2.75, 3.05) is 12.0 Å². The van der Waals surface area contributed by atoms with Gasteiger partial charge in [0.1, 0.15) is 17.9 Å². The van der Waals surface area contributed by atoms with Gasteiger partial charge in [-0.3, -0.25) is 5.43 Å². The topological polar surface area (TPSA) is 81.2 Å². The summed E-state index contributed by atoms with van der Waals surface area (Å²) in [6.07, 6.45) is 0.956. The van der Waals surface area contributed by atoms with Crippen molar-refractivity contribution < 1.29 is 4.74 Å². The molecule has 0 spiro atoms. The molecule has 0 saturated carbocycles. The number of hydrogen-bond donors (Lipinski definition) is 1. The second-order valence-corrected chi connectivity index (χ2v) is 3.17. The van der Waals surface area contributed by atoms with E-state index < -0.39 is 0 Å². The highest BCUT2D eigenvalue weighted by atomic mass is 16.5. The van der Waals surface area contributed by atoms with Crippen molar-refractivity contribution in [3.05, 3.63) is 24.3 Å². The Hall–Kier alpha value is -2.53. The molecule has 0 aliphatic heterocycles. The first-order valence-corrected chi connectivity index (χ1v) is 5.17. The predicted molar refractivity (Wildman–Crippen MR) is 64.5 cm³/mol. The first-order chi connectivity index (χ1) is 8.30. The molecule has 0 heterocycles. The lowest BCUT2D eigenvalue weighted by molar-refractivity contribution is 0.317. The highest BCUT2D eigenvalue weighted by Gasteiger charge is 1.96. The average Bonchev–Trinajstić information content (AvgIpc) is 2.39. The summed E-state index contributed by atoms with van der Waals surface area (Å²) in [5, 5.41) is 20.6. The maximum atomic E-state index is 8.48. The zero-order chi connectivity index (χ0) is 12.5. The molecule has 0 atom stereocenters. The van der Waals surface area contributed by atoms with Crippen LogP contribution in [0.2, 0.25) is 0 Å². The Balaban J connectivity index is 2.61. The standard InChI is InChI=1S/C12H12N4O/c1-2-7-17-12-5-3-10(4-6-12)15-16-11(8-13)9-14/h3-6,15H,2,7H2,1H3. The van der Waals surface area contributed by atoms with E-state index in [1.807, 2.05) is 6.92 Å². The highest BCUT2D eigenvalue weighted by molar-refractivity contribution is 6.10. The van der Waals surface area contributed by atoms with Crippen LogP contribution >= 0.6 is 0 Å². The van der Waals surface area contributed by atoms with Crippen molar-refractivity contribution in [2.24, 2.45) is 5.10 Å². The van der Waals surface area contributed by atoms with Crippen molar-refractivity contribution in [3.63, 3.8) is 0 Å². The molecule has 1 aromatic carbocycles. The number of nitriles is 2. The number of rotatable bonds is 5. The SMILES string of the molecule is CCCOc1ccc(NN=C(C#N)C#N)cc1. The highest BCUT2D eigenvalue weighted by Crippen LogP contribution is 2.15. The van der Waals surface area contributed by atoms with Crippen molar-refractivity contribution >= 4 is 11.4 Å². The minimum atomic E-state index is -0.212. The Kier molecular flexibility index (Phi) is 5.06. The van der Waals surface area contributed by atoms with Crippen molar-refractivity contribution in [2.45, 2.75) is 13.3 Å². The molecule has 0 fully saturated rings. The third-order valence-electron chi connectivity index (χ3n) is 1.84. The fraction of sp³-hybridized carbons (Fsp3) is 0.250. The maximum absolute atomic E-state index is 8.48. The molecule has 17 heavy (non-hydrogen) atoms. The van der Waals surface area contributed by atoms with E-state index in [0.29, 0.717) is 12.3 Å². The van der Waals surface area contributed by atoms with E-state index in [2.05, 4.69) is 10.5 Å². The molecule has 5 heteroatoms. The number of nitrogens with one attached hydrogen (secondary N) is 1. The van der Waals surface area contributed by atoms with Gasteiger partial charge in [0.15, 0.2) is 0 Å². The van der Waals surface area contributed by atoms with Gasteiger partial charge < -0.3 is 4.74 Å². The molecule has 1 N–H and O–H groups in total. The van der Waals surface area contributed by atoms with E-state index in [1.165, 1.54) is 0 Å². The van der Waals surface area contributed by atoms with Crippen molar-refractivity contribution in [3.8, 4) is 17.9 Å². The summed E-state index contributed by atoms with van der Waals surface area (Å²) in [5.41, 5.74) is 3.10. The van der Waals surface area contributed by atoms with Crippen LogP contribution in [0.3, 0.4) is 0 Å². The van der Waals surface area contributed by atoms with Gasteiger partial charge in [0, 0.05) is 0 Å². The van der Waals surface area contributed by atoms with E-state index in [0.717, 1.165) is 12.2 Å². The van der Waals surface area contributed by atoms with Gasteiger partial charge in [0.25, 0.3) is 0 Å². The van der Waals surface area contributed by atoms with Gasteiger partial charge >= 0.3 is 0 Å². The summed E-state index contributed by atoms with van der Waals surface area (Å²) in [7, 11) is 0. The fourth-order valence-electron chi connectivity index (χ4n) is 1.04.